The predicted molar refractivity (Wildman–Crippen MR) is 74.7 cm³/mol. The van der Waals surface area contributed by atoms with E-state index < -0.39 is 0 Å². The zero-order valence-corrected chi connectivity index (χ0v) is 12.0. The highest BCUT2D eigenvalue weighted by molar-refractivity contribution is 9.10. The van der Waals surface area contributed by atoms with E-state index in [1.807, 2.05) is 0 Å². The Morgan fingerprint density at radius 1 is 1.24 bits per heavy atom. The van der Waals surface area contributed by atoms with Crippen molar-refractivity contribution in [3.8, 4) is 0 Å². The van der Waals surface area contributed by atoms with E-state index in [0.29, 0.717) is 0 Å². The third kappa shape index (κ3) is 6.05. The van der Waals surface area contributed by atoms with Gasteiger partial charge in [-0.15, -0.1) is 0 Å². The molecule has 0 heterocycles. The van der Waals surface area contributed by atoms with Crippen molar-refractivity contribution in [2.45, 2.75) is 13.3 Å². The highest BCUT2D eigenvalue weighted by Gasteiger charge is 1.96. The predicted octanol–water partition coefficient (Wildman–Crippen LogP) is 3.22. The Morgan fingerprint density at radius 3 is 2.76 bits per heavy atom. The van der Waals surface area contributed by atoms with E-state index in [2.05, 4.69) is 46.4 Å². The Kier molecular flexibility index (Phi) is 7.24. The first-order chi connectivity index (χ1) is 8.24. The van der Waals surface area contributed by atoms with Gasteiger partial charge >= 0.3 is 0 Å². The number of rotatable bonds is 8. The molecule has 1 rings (SSSR count). The summed E-state index contributed by atoms with van der Waals surface area (Å²) in [7, 11) is 1.71. The number of halogens is 1. The van der Waals surface area contributed by atoms with Gasteiger partial charge in [0.2, 0.25) is 0 Å². The van der Waals surface area contributed by atoms with Crippen LogP contribution in [0.5, 0.6) is 0 Å². The average molecular weight is 302 g/mol. The molecule has 0 saturated carbocycles. The molecule has 96 valence electrons. The minimum absolute atomic E-state index is 0.721. The lowest BCUT2D eigenvalue weighted by Crippen LogP contribution is -2.10. The van der Waals surface area contributed by atoms with Crippen LogP contribution in [0.1, 0.15) is 12.0 Å². The monoisotopic (exact) mass is 301 g/mol. The second kappa shape index (κ2) is 8.50. The molecule has 0 aliphatic carbocycles. The van der Waals surface area contributed by atoms with Crippen molar-refractivity contribution >= 4 is 21.6 Å². The van der Waals surface area contributed by atoms with E-state index in [4.69, 9.17) is 9.47 Å². The first-order valence-corrected chi connectivity index (χ1v) is 6.60. The van der Waals surface area contributed by atoms with Crippen molar-refractivity contribution in [2.75, 3.05) is 38.8 Å². The summed E-state index contributed by atoms with van der Waals surface area (Å²) in [5.74, 6) is 0. The summed E-state index contributed by atoms with van der Waals surface area (Å²) in [5.41, 5.74) is 2.36. The highest BCUT2D eigenvalue weighted by Crippen LogP contribution is 2.19. The minimum Gasteiger partial charge on any atom is -0.385 e. The van der Waals surface area contributed by atoms with Crippen LogP contribution in [0.3, 0.4) is 0 Å². The van der Waals surface area contributed by atoms with Crippen molar-refractivity contribution in [1.82, 2.24) is 0 Å². The van der Waals surface area contributed by atoms with Gasteiger partial charge in [-0.25, -0.2) is 0 Å². The van der Waals surface area contributed by atoms with E-state index in [1.165, 1.54) is 5.56 Å². The van der Waals surface area contributed by atoms with Gasteiger partial charge < -0.3 is 14.8 Å². The summed E-state index contributed by atoms with van der Waals surface area (Å²) in [5, 5.41) is 3.33. The number of ether oxygens (including phenoxy) is 2. The SMILES string of the molecule is COCCCOCCNc1ccc(Br)c(C)c1. The summed E-state index contributed by atoms with van der Waals surface area (Å²) in [6, 6.07) is 6.23. The van der Waals surface area contributed by atoms with Gasteiger partial charge in [0.25, 0.3) is 0 Å². The molecule has 0 aliphatic rings. The minimum atomic E-state index is 0.721. The van der Waals surface area contributed by atoms with Gasteiger partial charge in [-0.05, 0) is 37.1 Å². The van der Waals surface area contributed by atoms with Crippen molar-refractivity contribution in [3.63, 3.8) is 0 Å². The van der Waals surface area contributed by atoms with Crippen molar-refractivity contribution in [3.05, 3.63) is 28.2 Å². The molecule has 0 amide bonds. The Morgan fingerprint density at radius 2 is 2.06 bits per heavy atom. The molecule has 0 atom stereocenters. The van der Waals surface area contributed by atoms with Crippen LogP contribution in [-0.2, 0) is 9.47 Å². The van der Waals surface area contributed by atoms with E-state index in [9.17, 15) is 0 Å². The van der Waals surface area contributed by atoms with E-state index >= 15 is 0 Å². The van der Waals surface area contributed by atoms with Gasteiger partial charge in [0.1, 0.15) is 0 Å². The number of aryl methyl sites for hydroxylation is 1. The summed E-state index contributed by atoms with van der Waals surface area (Å²) in [4.78, 5) is 0. The maximum Gasteiger partial charge on any atom is 0.0639 e. The van der Waals surface area contributed by atoms with Crippen molar-refractivity contribution in [2.24, 2.45) is 0 Å². The lowest BCUT2D eigenvalue weighted by molar-refractivity contribution is 0.109. The lowest BCUT2D eigenvalue weighted by Gasteiger charge is -2.08. The van der Waals surface area contributed by atoms with Crippen LogP contribution in [0.4, 0.5) is 5.69 Å². The normalized spacial score (nSPS) is 10.5. The molecule has 1 aromatic carbocycles. The summed E-state index contributed by atoms with van der Waals surface area (Å²) >= 11 is 3.48. The number of hydrogen-bond acceptors (Lipinski definition) is 3. The van der Waals surface area contributed by atoms with Crippen LogP contribution < -0.4 is 5.32 Å². The van der Waals surface area contributed by atoms with E-state index in [-0.39, 0.29) is 0 Å². The van der Waals surface area contributed by atoms with Crippen molar-refractivity contribution in [1.29, 1.82) is 0 Å². The molecule has 0 unspecified atom stereocenters. The number of hydrogen-bond donors (Lipinski definition) is 1. The molecular formula is C13H20BrNO2. The van der Waals surface area contributed by atoms with E-state index in [1.54, 1.807) is 7.11 Å². The number of anilines is 1. The van der Waals surface area contributed by atoms with Gasteiger partial charge in [0.05, 0.1) is 6.61 Å². The molecule has 0 aliphatic heterocycles. The zero-order chi connectivity index (χ0) is 12.5. The Bertz CT molecular complexity index is 331. The average Bonchev–Trinajstić information content (AvgIpc) is 2.32. The van der Waals surface area contributed by atoms with Gasteiger partial charge in [-0.3, -0.25) is 0 Å². The molecule has 4 heteroatoms. The number of benzene rings is 1. The standard InChI is InChI=1S/C13H20BrNO2/c1-11-10-12(4-5-13(11)14)15-6-9-17-8-3-7-16-2/h4-5,10,15H,3,6-9H2,1-2H3. The summed E-state index contributed by atoms with van der Waals surface area (Å²) in [6.45, 7) is 5.15. The molecule has 0 spiro atoms. The smallest absolute Gasteiger partial charge is 0.0639 e. The molecule has 0 bridgehead atoms. The summed E-state index contributed by atoms with van der Waals surface area (Å²) in [6.07, 6.45) is 0.952. The highest BCUT2D eigenvalue weighted by atomic mass is 79.9. The fraction of sp³-hybridized carbons (Fsp3) is 0.538. The van der Waals surface area contributed by atoms with Crippen LogP contribution in [0.2, 0.25) is 0 Å². The number of methoxy groups -OCH3 is 1. The fourth-order valence-electron chi connectivity index (χ4n) is 1.43. The molecule has 1 aromatic rings. The van der Waals surface area contributed by atoms with Gasteiger partial charge in [-0.1, -0.05) is 15.9 Å². The molecule has 0 saturated heterocycles. The number of nitrogens with one attached hydrogen (secondary N) is 1. The van der Waals surface area contributed by atoms with Crippen LogP contribution >= 0.6 is 15.9 Å². The fourth-order valence-corrected chi connectivity index (χ4v) is 1.68. The van der Waals surface area contributed by atoms with Crippen LogP contribution in [0.15, 0.2) is 22.7 Å². The topological polar surface area (TPSA) is 30.5 Å². The molecule has 1 N–H and O–H groups in total. The first kappa shape index (κ1) is 14.5. The zero-order valence-electron chi connectivity index (χ0n) is 10.5. The third-order valence-corrected chi connectivity index (χ3v) is 3.26. The largest absolute Gasteiger partial charge is 0.385 e. The Balaban J connectivity index is 2.11. The molecule has 0 aromatic heterocycles. The molecule has 0 fully saturated rings. The molecule has 3 nitrogen and oxygen atoms in total. The maximum atomic E-state index is 5.46. The maximum absolute atomic E-state index is 5.46. The quantitative estimate of drug-likeness (QED) is 0.748. The second-order valence-corrected chi connectivity index (χ2v) is 4.70. The Hall–Kier alpha value is -0.580. The first-order valence-electron chi connectivity index (χ1n) is 5.80. The Labute approximate surface area is 112 Å². The molecule has 17 heavy (non-hydrogen) atoms. The van der Waals surface area contributed by atoms with Crippen molar-refractivity contribution < 1.29 is 9.47 Å². The second-order valence-electron chi connectivity index (χ2n) is 3.85. The summed E-state index contributed by atoms with van der Waals surface area (Å²) < 4.78 is 11.5. The lowest BCUT2D eigenvalue weighted by atomic mass is 10.2. The van der Waals surface area contributed by atoms with Gasteiger partial charge in [0, 0.05) is 37.0 Å². The van der Waals surface area contributed by atoms with Crippen LogP contribution in [-0.4, -0.2) is 33.5 Å². The van der Waals surface area contributed by atoms with Gasteiger partial charge in [0.15, 0.2) is 0 Å². The third-order valence-electron chi connectivity index (χ3n) is 2.37. The van der Waals surface area contributed by atoms with Crippen LogP contribution in [0.25, 0.3) is 0 Å². The van der Waals surface area contributed by atoms with Crippen LogP contribution in [0, 0.1) is 6.92 Å². The van der Waals surface area contributed by atoms with Gasteiger partial charge in [-0.2, -0.15) is 0 Å². The molecule has 0 radical (unpaired) electrons. The van der Waals surface area contributed by atoms with E-state index in [0.717, 1.165) is 42.9 Å². The molecular weight excluding hydrogens is 282 g/mol.